The van der Waals surface area contributed by atoms with Crippen LogP contribution in [-0.2, 0) is 22.4 Å². The van der Waals surface area contributed by atoms with Gasteiger partial charge in [-0.05, 0) is 117 Å². The fraction of sp³-hybridized carbons (Fsp3) is 0.574. The van der Waals surface area contributed by atoms with Crippen LogP contribution in [0.25, 0.3) is 0 Å². The Morgan fingerprint density at radius 3 is 2.50 bits per heavy atom. The first kappa shape index (κ1) is 42.9. The Kier molecular flexibility index (Phi) is 16.3. The Balaban J connectivity index is 1.80. The van der Waals surface area contributed by atoms with E-state index in [1.165, 1.54) is 0 Å². The summed E-state index contributed by atoms with van der Waals surface area (Å²) in [5.41, 5.74) is 16.3. The SMILES string of the molecule is CCCC(=CC(=O)CCc1cc(OC2CCCC2)c(O)c2c1C#C[C@@H]1[C@H](Cc3ccccc3)C#CC[C@H](C)CC[C@@H]2C(COC)[C@H](CO)C[C@H]1N=C(N)N)CO. The number of nitrogens with zero attached hydrogens (tertiary/aromatic N) is 1. The second-order valence-electron chi connectivity index (χ2n) is 16.2. The minimum Gasteiger partial charge on any atom is -0.504 e. The molecule has 9 nitrogen and oxygen atoms in total. The summed E-state index contributed by atoms with van der Waals surface area (Å²) in [6, 6.07) is 11.6. The second kappa shape index (κ2) is 21.3. The maximum atomic E-state index is 13.4. The van der Waals surface area contributed by atoms with Crippen molar-refractivity contribution in [2.75, 3.05) is 26.9 Å². The van der Waals surface area contributed by atoms with Gasteiger partial charge in [-0.25, -0.2) is 4.99 Å². The smallest absolute Gasteiger partial charge is 0.186 e. The summed E-state index contributed by atoms with van der Waals surface area (Å²) in [6.07, 6.45) is 10.8. The van der Waals surface area contributed by atoms with Crippen LogP contribution in [0, 0.1) is 53.3 Å². The van der Waals surface area contributed by atoms with E-state index in [-0.39, 0.29) is 72.8 Å². The number of aliphatic imine (C=N–C) groups is 1. The predicted octanol–water partition coefficient (Wildman–Crippen LogP) is 6.58. The van der Waals surface area contributed by atoms with Crippen LogP contribution >= 0.6 is 0 Å². The number of ether oxygens (including phenoxy) is 2. The first-order valence-electron chi connectivity index (χ1n) is 20.8. The molecule has 2 aromatic rings. The summed E-state index contributed by atoms with van der Waals surface area (Å²) in [4.78, 5) is 18.3. The van der Waals surface area contributed by atoms with Crippen LogP contribution in [0.15, 0.2) is 53.0 Å². The summed E-state index contributed by atoms with van der Waals surface area (Å²) in [5.74, 6) is 13.5. The van der Waals surface area contributed by atoms with Gasteiger partial charge in [-0.1, -0.05) is 68.4 Å². The van der Waals surface area contributed by atoms with Crippen LogP contribution in [0.5, 0.6) is 11.5 Å². The lowest BCUT2D eigenvalue weighted by Gasteiger charge is -2.38. The van der Waals surface area contributed by atoms with Gasteiger partial charge in [-0.2, -0.15) is 0 Å². The van der Waals surface area contributed by atoms with Crippen molar-refractivity contribution in [3.63, 3.8) is 0 Å². The standard InChI is InChI=1S/C47H63N3O6/c1-4-11-33(28-51)25-37(53)20-19-35-27-44(56-38-16-8-9-17-38)46(54)45-40(35)23-22-39-34(24-32-13-6-5-7-14-32)15-10-12-31(2)18-21-41(45)42(30-55-3)36(29-52)26-43(39)50-47(48)49/h5-7,13-14,25,27,31,34,36,38-39,41-43,51-52,54H,4,8-9,11-12,16-21,24,26,28-30H2,1-3H3,(H4,48,49,50)/t31-,34-,36-,39+,41+,42?,43+/m0/s1. The molecule has 7 atom stereocenters. The Morgan fingerprint density at radius 1 is 1.05 bits per heavy atom. The number of carbonyl (C=O) groups excluding carboxylic acids is 1. The number of aliphatic hydroxyl groups excluding tert-OH is 2. The number of phenolic OH excluding ortho intramolecular Hbond substituents is 1. The maximum Gasteiger partial charge on any atom is 0.186 e. The van der Waals surface area contributed by atoms with Crippen LogP contribution in [0.3, 0.4) is 0 Å². The molecule has 2 bridgehead atoms. The largest absolute Gasteiger partial charge is 0.504 e. The van der Waals surface area contributed by atoms with Crippen LogP contribution in [0.4, 0.5) is 0 Å². The lowest BCUT2D eigenvalue weighted by atomic mass is 9.69. The number of hydrogen-bond acceptors (Lipinski definition) is 7. The van der Waals surface area contributed by atoms with Gasteiger partial charge in [0, 0.05) is 50.2 Å². The average Bonchev–Trinajstić information content (AvgIpc) is 3.70. The van der Waals surface area contributed by atoms with Gasteiger partial charge in [0.25, 0.3) is 0 Å². The van der Waals surface area contributed by atoms with Crippen LogP contribution in [0.2, 0.25) is 0 Å². The fourth-order valence-electron chi connectivity index (χ4n) is 8.98. The molecule has 0 spiro atoms. The Bertz CT molecular complexity index is 1790. The lowest BCUT2D eigenvalue weighted by Crippen LogP contribution is -2.38. The molecular formula is C47H63N3O6. The molecule has 0 aromatic heterocycles. The molecule has 0 amide bonds. The van der Waals surface area contributed by atoms with Crippen molar-refractivity contribution in [3.8, 4) is 35.2 Å². The van der Waals surface area contributed by atoms with E-state index in [9.17, 15) is 20.1 Å². The average molecular weight is 766 g/mol. The third-order valence-corrected chi connectivity index (χ3v) is 11.9. The summed E-state index contributed by atoms with van der Waals surface area (Å²) in [7, 11) is 1.67. The molecule has 1 unspecified atom stereocenters. The molecule has 4 aliphatic rings. The zero-order chi connectivity index (χ0) is 40.0. The molecule has 7 N–H and O–H groups in total. The number of fused-ring (bicyclic) bond motifs is 8. The highest BCUT2D eigenvalue weighted by Gasteiger charge is 2.40. The zero-order valence-electron chi connectivity index (χ0n) is 33.6. The van der Waals surface area contributed by atoms with Gasteiger partial charge in [-0.3, -0.25) is 4.79 Å². The van der Waals surface area contributed by atoms with E-state index in [0.29, 0.717) is 67.6 Å². The predicted molar refractivity (Wildman–Crippen MR) is 222 cm³/mol. The molecule has 9 heteroatoms. The van der Waals surface area contributed by atoms with Crippen molar-refractivity contribution in [1.82, 2.24) is 0 Å². The second-order valence-corrected chi connectivity index (χ2v) is 16.2. The van der Waals surface area contributed by atoms with Crippen molar-refractivity contribution in [2.24, 2.45) is 46.0 Å². The van der Waals surface area contributed by atoms with Crippen molar-refractivity contribution in [2.45, 2.75) is 115 Å². The van der Waals surface area contributed by atoms with Gasteiger partial charge in [-0.15, -0.1) is 5.92 Å². The molecule has 1 saturated carbocycles. The van der Waals surface area contributed by atoms with E-state index in [0.717, 1.165) is 49.7 Å². The molecule has 0 radical (unpaired) electrons. The normalized spacial score (nSPS) is 25.4. The van der Waals surface area contributed by atoms with Gasteiger partial charge in [0.2, 0.25) is 0 Å². The first-order chi connectivity index (χ1) is 27.1. The van der Waals surface area contributed by atoms with Crippen molar-refractivity contribution >= 4 is 11.7 Å². The van der Waals surface area contributed by atoms with E-state index >= 15 is 0 Å². The molecule has 6 rings (SSSR count). The number of rotatable bonds is 15. The minimum absolute atomic E-state index is 0.0173. The number of methoxy groups -OCH3 is 1. The molecule has 2 aromatic carbocycles. The number of allylic oxidation sites excluding steroid dienone is 1. The third-order valence-electron chi connectivity index (χ3n) is 11.9. The zero-order valence-corrected chi connectivity index (χ0v) is 33.6. The van der Waals surface area contributed by atoms with Gasteiger partial charge in [0.15, 0.2) is 23.2 Å². The Labute approximate surface area is 334 Å². The Morgan fingerprint density at radius 2 is 1.82 bits per heavy atom. The minimum atomic E-state index is -0.489. The van der Waals surface area contributed by atoms with E-state index < -0.39 is 12.0 Å². The summed E-state index contributed by atoms with van der Waals surface area (Å²) >= 11 is 0. The van der Waals surface area contributed by atoms with E-state index in [1.54, 1.807) is 13.2 Å². The lowest BCUT2D eigenvalue weighted by molar-refractivity contribution is -0.114. The van der Waals surface area contributed by atoms with Crippen LogP contribution in [0.1, 0.15) is 113 Å². The number of phenols is 1. The number of benzene rings is 2. The van der Waals surface area contributed by atoms with E-state index in [4.69, 9.17) is 25.9 Å². The molecule has 1 fully saturated rings. The maximum absolute atomic E-state index is 13.4. The number of hydrogen-bond donors (Lipinski definition) is 5. The number of guanidine groups is 1. The van der Waals surface area contributed by atoms with Gasteiger partial charge >= 0.3 is 0 Å². The number of ketones is 1. The van der Waals surface area contributed by atoms with E-state index in [1.807, 2.05) is 31.2 Å². The number of carbonyl (C=O) groups is 1. The number of aliphatic hydroxyl groups is 2. The summed E-state index contributed by atoms with van der Waals surface area (Å²) < 4.78 is 12.6. The van der Waals surface area contributed by atoms with Gasteiger partial charge in [0.05, 0.1) is 24.7 Å². The van der Waals surface area contributed by atoms with Crippen LogP contribution < -0.4 is 16.2 Å². The quantitative estimate of drug-likeness (QED) is 0.0588. The molecule has 0 saturated heterocycles. The number of nitrogens with two attached hydrogens (primary N) is 2. The first-order valence-corrected chi connectivity index (χ1v) is 20.8. The molecule has 0 heterocycles. The molecular weight excluding hydrogens is 703 g/mol. The number of aryl methyl sites for hydroxylation is 1. The highest BCUT2D eigenvalue weighted by atomic mass is 16.5. The third kappa shape index (κ3) is 11.4. The Hall–Kier alpha value is -4.28. The fourth-order valence-corrected chi connectivity index (χ4v) is 8.98. The van der Waals surface area contributed by atoms with Gasteiger partial charge < -0.3 is 36.3 Å². The topological polar surface area (TPSA) is 161 Å². The van der Waals surface area contributed by atoms with E-state index in [2.05, 4.69) is 42.7 Å². The molecule has 0 aliphatic heterocycles. The van der Waals surface area contributed by atoms with Crippen LogP contribution in [-0.4, -0.2) is 66.1 Å². The monoisotopic (exact) mass is 765 g/mol. The van der Waals surface area contributed by atoms with Gasteiger partial charge in [0.1, 0.15) is 0 Å². The highest BCUT2D eigenvalue weighted by Crippen LogP contribution is 2.49. The van der Waals surface area contributed by atoms with Crippen molar-refractivity contribution < 1.29 is 29.6 Å². The molecule has 302 valence electrons. The highest BCUT2D eigenvalue weighted by molar-refractivity contribution is 5.90. The van der Waals surface area contributed by atoms with Crippen molar-refractivity contribution in [3.05, 3.63) is 70.3 Å². The van der Waals surface area contributed by atoms with Crippen molar-refractivity contribution in [1.29, 1.82) is 0 Å². The molecule has 56 heavy (non-hydrogen) atoms. The number of aromatic hydroxyl groups is 1. The summed E-state index contributed by atoms with van der Waals surface area (Å²) in [6.45, 7) is 4.27. The summed E-state index contributed by atoms with van der Waals surface area (Å²) in [5, 5.41) is 33.7. The molecule has 4 aliphatic carbocycles.